The Labute approximate surface area is 220 Å². The zero-order chi connectivity index (χ0) is 25.7. The lowest BCUT2D eigenvalue weighted by molar-refractivity contribution is 0.0860. The maximum Gasteiger partial charge on any atom is 0.500 e. The molecule has 0 heterocycles. The van der Waals surface area contributed by atoms with Crippen LogP contribution in [0.15, 0.2) is 0 Å². The van der Waals surface area contributed by atoms with Gasteiger partial charge in [0.15, 0.2) is 0 Å². The van der Waals surface area contributed by atoms with Crippen LogP contribution >= 0.6 is 21.6 Å². The molecule has 0 bridgehead atoms. The minimum absolute atomic E-state index is 0.652. The van der Waals surface area contributed by atoms with Gasteiger partial charge in [0.05, 0.1) is 13.2 Å². The first-order chi connectivity index (χ1) is 16.4. The molecule has 0 fully saturated rings. The van der Waals surface area contributed by atoms with Crippen molar-refractivity contribution in [3.8, 4) is 0 Å². The van der Waals surface area contributed by atoms with Gasteiger partial charge in [0.1, 0.15) is 0 Å². The van der Waals surface area contributed by atoms with Crippen molar-refractivity contribution in [2.24, 2.45) is 0 Å². The number of hydrogen-bond acceptors (Lipinski definition) is 10. The average Bonchev–Trinajstić information content (AvgIpc) is 2.88. The second kappa shape index (κ2) is 21.9. The summed E-state index contributed by atoms with van der Waals surface area (Å²) < 4.78 is 35.2. The van der Waals surface area contributed by atoms with Crippen LogP contribution in [-0.2, 0) is 26.6 Å². The number of likely N-dealkylation sites (N-methyl/N-ethyl adjacent to an activating group) is 2. The average molecular weight is 561 g/mol. The van der Waals surface area contributed by atoms with Gasteiger partial charge in [-0.15, -0.1) is 0 Å². The highest BCUT2D eigenvalue weighted by molar-refractivity contribution is 8.76. The first-order valence-corrected chi connectivity index (χ1v) is 19.0. The summed E-state index contributed by atoms with van der Waals surface area (Å²) >= 11 is 0. The van der Waals surface area contributed by atoms with Gasteiger partial charge in [0, 0.05) is 65.1 Å². The van der Waals surface area contributed by atoms with Crippen LogP contribution in [0.2, 0.25) is 12.1 Å². The van der Waals surface area contributed by atoms with Crippen molar-refractivity contribution in [3.05, 3.63) is 0 Å². The maximum atomic E-state index is 6.13. The van der Waals surface area contributed by atoms with E-state index in [-0.39, 0.29) is 0 Å². The lowest BCUT2D eigenvalue weighted by Gasteiger charge is -2.28. The van der Waals surface area contributed by atoms with Crippen LogP contribution in [0.4, 0.5) is 0 Å². The Hall–Kier alpha value is 0.814. The second-order valence-electron chi connectivity index (χ2n) is 7.78. The Bertz CT molecular complexity index is 419. The zero-order valence-corrected chi connectivity index (χ0v) is 26.7. The van der Waals surface area contributed by atoms with Gasteiger partial charge in [0.2, 0.25) is 0 Å². The third kappa shape index (κ3) is 14.5. The Morgan fingerprint density at radius 3 is 1.15 bits per heavy atom. The molecule has 0 rings (SSSR count). The molecule has 0 aliphatic rings. The Balaban J connectivity index is 4.16. The van der Waals surface area contributed by atoms with E-state index in [0.717, 1.165) is 75.7 Å². The fraction of sp³-hybridized carbons (Fsp3) is 1.00. The summed E-state index contributed by atoms with van der Waals surface area (Å²) in [6.45, 7) is 15.9. The quantitative estimate of drug-likeness (QED) is 0.0916. The molecule has 0 saturated carbocycles. The first kappa shape index (κ1) is 34.8. The van der Waals surface area contributed by atoms with E-state index < -0.39 is 17.6 Å². The van der Waals surface area contributed by atoms with E-state index in [9.17, 15) is 0 Å². The van der Waals surface area contributed by atoms with E-state index in [0.29, 0.717) is 13.2 Å². The van der Waals surface area contributed by atoms with Gasteiger partial charge in [-0.2, -0.15) is 0 Å². The number of nitrogens with zero attached hydrogens (tertiary/aromatic N) is 2. The Kier molecular flexibility index (Phi) is 22.4. The van der Waals surface area contributed by atoms with Gasteiger partial charge in [-0.3, -0.25) is 0 Å². The molecule has 0 unspecified atom stereocenters. The van der Waals surface area contributed by atoms with Crippen LogP contribution in [0.5, 0.6) is 0 Å². The van der Waals surface area contributed by atoms with Crippen LogP contribution < -0.4 is 0 Å². The molecule has 8 nitrogen and oxygen atoms in total. The Morgan fingerprint density at radius 2 is 0.882 bits per heavy atom. The molecule has 0 aromatic heterocycles. The fourth-order valence-corrected chi connectivity index (χ4v) is 10.1. The summed E-state index contributed by atoms with van der Waals surface area (Å²) in [4.78, 5) is 4.69. The monoisotopic (exact) mass is 560 g/mol. The smallest absolute Gasteiger partial charge is 0.377 e. The molecule has 0 amide bonds. The largest absolute Gasteiger partial charge is 0.500 e. The molecule has 0 radical (unpaired) electrons. The molecule has 0 aromatic rings. The highest BCUT2D eigenvalue weighted by Gasteiger charge is 2.39. The molecular formula is C22H52N2O6S2Si2. The topological polar surface area (TPSA) is 61.9 Å². The highest BCUT2D eigenvalue weighted by atomic mass is 33.1. The van der Waals surface area contributed by atoms with Crippen molar-refractivity contribution in [3.63, 3.8) is 0 Å². The summed E-state index contributed by atoms with van der Waals surface area (Å²) in [7, 11) is 5.49. The van der Waals surface area contributed by atoms with Crippen molar-refractivity contribution in [2.75, 3.05) is 92.4 Å². The van der Waals surface area contributed by atoms with Gasteiger partial charge < -0.3 is 36.4 Å². The summed E-state index contributed by atoms with van der Waals surface area (Å²) in [5.41, 5.74) is 0. The molecule has 0 N–H and O–H groups in total. The van der Waals surface area contributed by atoms with E-state index in [1.54, 1.807) is 28.4 Å². The molecule has 0 aromatic carbocycles. The van der Waals surface area contributed by atoms with Crippen molar-refractivity contribution in [2.45, 2.75) is 52.6 Å². The highest BCUT2D eigenvalue weighted by Crippen LogP contribution is 2.27. The van der Waals surface area contributed by atoms with Gasteiger partial charge in [0.25, 0.3) is 0 Å². The molecule has 12 heteroatoms. The number of rotatable bonds is 25. The van der Waals surface area contributed by atoms with E-state index in [1.807, 2.05) is 21.6 Å². The maximum absolute atomic E-state index is 6.13. The SMILES string of the molecule is CCN(CC)CCO[Si](CCCSSCCC[Si](OC)(OC)OCCN(CC)CC)(OC)OC. The van der Waals surface area contributed by atoms with Crippen molar-refractivity contribution < 1.29 is 26.6 Å². The van der Waals surface area contributed by atoms with Crippen molar-refractivity contribution in [1.82, 2.24) is 9.80 Å². The minimum Gasteiger partial charge on any atom is -0.377 e. The molecule has 0 spiro atoms. The standard InChI is InChI=1S/C22H52N2O6S2Si2/c1-9-23(10-2)15-17-29-33(25-5,26-6)21-13-19-31-32-20-14-22-34(27-7,28-8)30-18-16-24(11-3)12-4/h9-22H2,1-8H3. The van der Waals surface area contributed by atoms with E-state index >= 15 is 0 Å². The van der Waals surface area contributed by atoms with Crippen molar-refractivity contribution >= 4 is 39.2 Å². The second-order valence-corrected chi connectivity index (χ2v) is 16.4. The van der Waals surface area contributed by atoms with Crippen LogP contribution in [0.25, 0.3) is 0 Å². The minimum atomic E-state index is -2.57. The predicted octanol–water partition coefficient (Wildman–Crippen LogP) is 4.33. The van der Waals surface area contributed by atoms with Gasteiger partial charge >= 0.3 is 17.6 Å². The van der Waals surface area contributed by atoms with E-state index in [4.69, 9.17) is 26.6 Å². The predicted molar refractivity (Wildman–Crippen MR) is 151 cm³/mol. The van der Waals surface area contributed by atoms with Crippen LogP contribution in [0.1, 0.15) is 40.5 Å². The first-order valence-electron chi connectivity index (χ1n) is 12.6. The molecular weight excluding hydrogens is 509 g/mol. The molecule has 206 valence electrons. The van der Waals surface area contributed by atoms with Gasteiger partial charge in [-0.25, -0.2) is 0 Å². The van der Waals surface area contributed by atoms with E-state index in [1.165, 1.54) is 0 Å². The zero-order valence-electron chi connectivity index (χ0n) is 23.1. The number of hydrogen-bond donors (Lipinski definition) is 0. The Morgan fingerprint density at radius 1 is 0.559 bits per heavy atom. The molecule has 0 aliphatic carbocycles. The third-order valence-electron chi connectivity index (χ3n) is 6.00. The summed E-state index contributed by atoms with van der Waals surface area (Å²) in [6, 6.07) is 1.69. The molecule has 34 heavy (non-hydrogen) atoms. The van der Waals surface area contributed by atoms with Gasteiger partial charge in [-0.1, -0.05) is 49.3 Å². The normalized spacial score (nSPS) is 12.9. The summed E-state index contributed by atoms with van der Waals surface area (Å²) in [5.74, 6) is 2.09. The van der Waals surface area contributed by atoms with Crippen LogP contribution in [0, 0.1) is 0 Å². The van der Waals surface area contributed by atoms with E-state index in [2.05, 4.69) is 37.5 Å². The van der Waals surface area contributed by atoms with Crippen molar-refractivity contribution in [1.29, 1.82) is 0 Å². The van der Waals surface area contributed by atoms with Crippen LogP contribution in [0.3, 0.4) is 0 Å². The van der Waals surface area contributed by atoms with Crippen LogP contribution in [-0.4, -0.2) is 120 Å². The third-order valence-corrected chi connectivity index (χ3v) is 14.3. The molecule has 0 atom stereocenters. The lowest BCUT2D eigenvalue weighted by Crippen LogP contribution is -2.45. The summed E-state index contributed by atoms with van der Waals surface area (Å²) in [5, 5.41) is 0. The van der Waals surface area contributed by atoms with Gasteiger partial charge in [-0.05, 0) is 39.0 Å². The lowest BCUT2D eigenvalue weighted by atomic mass is 10.5. The summed E-state index contributed by atoms with van der Waals surface area (Å²) in [6.07, 6.45) is 2.03. The molecule has 0 aliphatic heterocycles. The fourth-order valence-electron chi connectivity index (χ4n) is 3.51. The molecule has 0 saturated heterocycles.